The van der Waals surface area contributed by atoms with Gasteiger partial charge in [-0.1, -0.05) is 29.8 Å². The van der Waals surface area contributed by atoms with Crippen LogP contribution in [0, 0.1) is 5.41 Å². The van der Waals surface area contributed by atoms with E-state index in [1.807, 2.05) is 0 Å². The third-order valence-corrected chi connectivity index (χ3v) is 6.59. The Labute approximate surface area is 130 Å². The fraction of sp³-hybridized carbons (Fsp3) is 0.500. The van der Waals surface area contributed by atoms with Crippen molar-refractivity contribution in [3.63, 3.8) is 0 Å². The fourth-order valence-corrected chi connectivity index (χ4v) is 5.89. The first-order valence-corrected chi connectivity index (χ1v) is 8.91. The Kier molecular flexibility index (Phi) is 4.04. The van der Waals surface area contributed by atoms with E-state index in [0.717, 1.165) is 10.9 Å². The van der Waals surface area contributed by atoms with Crippen molar-refractivity contribution in [2.75, 3.05) is 18.8 Å². The molecule has 4 nitrogen and oxygen atoms in total. The van der Waals surface area contributed by atoms with Crippen LogP contribution in [0.25, 0.3) is 0 Å². The van der Waals surface area contributed by atoms with Gasteiger partial charge >= 0.3 is 0 Å². The number of nitrogens with two attached hydrogens (primary N) is 1. The SMILES string of the molecule is CC1(C)CCN(S(=O)(=O)c2c(N)cc(Br)cc2Br)C1. The zero-order chi connectivity index (χ0) is 14.4. The molecule has 19 heavy (non-hydrogen) atoms. The molecule has 7 heteroatoms. The monoisotopic (exact) mass is 410 g/mol. The average Bonchev–Trinajstić information content (AvgIpc) is 2.57. The summed E-state index contributed by atoms with van der Waals surface area (Å²) >= 11 is 6.59. The molecular weight excluding hydrogens is 396 g/mol. The second-order valence-electron chi connectivity index (χ2n) is 5.56. The molecule has 0 spiro atoms. The molecule has 1 aromatic rings. The summed E-state index contributed by atoms with van der Waals surface area (Å²) in [4.78, 5) is 0.161. The van der Waals surface area contributed by atoms with E-state index in [-0.39, 0.29) is 16.0 Å². The number of anilines is 1. The van der Waals surface area contributed by atoms with Crippen LogP contribution in [0.2, 0.25) is 0 Å². The molecule has 1 fully saturated rings. The number of sulfonamides is 1. The zero-order valence-electron chi connectivity index (χ0n) is 10.8. The lowest BCUT2D eigenvalue weighted by Gasteiger charge is -2.21. The van der Waals surface area contributed by atoms with E-state index in [2.05, 4.69) is 45.7 Å². The van der Waals surface area contributed by atoms with Crippen LogP contribution in [0.4, 0.5) is 5.69 Å². The lowest BCUT2D eigenvalue weighted by molar-refractivity contribution is 0.375. The predicted molar refractivity (Wildman–Crippen MR) is 83.4 cm³/mol. The first-order chi connectivity index (χ1) is 8.63. The highest BCUT2D eigenvalue weighted by atomic mass is 79.9. The summed E-state index contributed by atoms with van der Waals surface area (Å²) in [7, 11) is -3.55. The Morgan fingerprint density at radius 2 is 1.95 bits per heavy atom. The number of benzene rings is 1. The largest absolute Gasteiger partial charge is 0.398 e. The molecule has 1 saturated heterocycles. The van der Waals surface area contributed by atoms with E-state index < -0.39 is 10.0 Å². The van der Waals surface area contributed by atoms with Crippen molar-refractivity contribution in [1.82, 2.24) is 4.31 Å². The second-order valence-corrected chi connectivity index (χ2v) is 9.20. The van der Waals surface area contributed by atoms with Gasteiger partial charge in [0.15, 0.2) is 0 Å². The summed E-state index contributed by atoms with van der Waals surface area (Å²) in [6.45, 7) is 5.21. The lowest BCUT2D eigenvalue weighted by Crippen LogP contribution is -2.31. The molecule has 0 bridgehead atoms. The molecule has 106 valence electrons. The van der Waals surface area contributed by atoms with Gasteiger partial charge in [-0.15, -0.1) is 0 Å². The lowest BCUT2D eigenvalue weighted by atomic mass is 9.93. The van der Waals surface area contributed by atoms with E-state index in [1.54, 1.807) is 12.1 Å². The van der Waals surface area contributed by atoms with E-state index in [1.165, 1.54) is 4.31 Å². The molecule has 0 radical (unpaired) electrons. The van der Waals surface area contributed by atoms with Crippen LogP contribution in [0.1, 0.15) is 20.3 Å². The standard InChI is InChI=1S/C12H16Br2N2O2S/c1-12(2)3-4-16(7-12)19(17,18)11-9(14)5-8(13)6-10(11)15/h5-6H,3-4,7,15H2,1-2H3. The van der Waals surface area contributed by atoms with E-state index in [0.29, 0.717) is 17.6 Å². The van der Waals surface area contributed by atoms with Gasteiger partial charge in [0.25, 0.3) is 0 Å². The molecule has 1 aliphatic heterocycles. The minimum Gasteiger partial charge on any atom is -0.398 e. The van der Waals surface area contributed by atoms with Crippen LogP contribution in [-0.2, 0) is 10.0 Å². The number of nitrogen functional groups attached to an aromatic ring is 1. The maximum absolute atomic E-state index is 12.7. The summed E-state index contributed by atoms with van der Waals surface area (Å²) in [6.07, 6.45) is 0.861. The quantitative estimate of drug-likeness (QED) is 0.760. The molecule has 0 amide bonds. The highest BCUT2D eigenvalue weighted by Gasteiger charge is 2.38. The normalized spacial score (nSPS) is 19.8. The molecule has 1 aromatic carbocycles. The first-order valence-electron chi connectivity index (χ1n) is 5.88. The highest BCUT2D eigenvalue weighted by molar-refractivity contribution is 9.11. The van der Waals surface area contributed by atoms with Crippen LogP contribution in [0.3, 0.4) is 0 Å². The van der Waals surface area contributed by atoms with Crippen LogP contribution >= 0.6 is 31.9 Å². The van der Waals surface area contributed by atoms with Crippen molar-refractivity contribution >= 4 is 47.6 Å². The first kappa shape index (κ1) is 15.3. The Bertz CT molecular complexity index is 591. The van der Waals surface area contributed by atoms with Gasteiger partial charge in [-0.25, -0.2) is 8.42 Å². The zero-order valence-corrected chi connectivity index (χ0v) is 14.8. The number of hydrogen-bond acceptors (Lipinski definition) is 3. The molecule has 0 saturated carbocycles. The Hall–Kier alpha value is -0.110. The van der Waals surface area contributed by atoms with Crippen molar-refractivity contribution in [2.45, 2.75) is 25.2 Å². The van der Waals surface area contributed by atoms with Crippen LogP contribution in [0.15, 0.2) is 26.0 Å². The number of halogens is 2. The van der Waals surface area contributed by atoms with Gasteiger partial charge in [0.2, 0.25) is 10.0 Å². The Balaban J connectivity index is 2.47. The third-order valence-electron chi connectivity index (χ3n) is 3.28. The van der Waals surface area contributed by atoms with Gasteiger partial charge in [-0.2, -0.15) is 4.31 Å². The van der Waals surface area contributed by atoms with Gasteiger partial charge in [0, 0.05) is 22.0 Å². The molecule has 2 rings (SSSR count). The number of nitrogens with zero attached hydrogens (tertiary/aromatic N) is 1. The van der Waals surface area contributed by atoms with E-state index in [9.17, 15) is 8.42 Å². The molecule has 2 N–H and O–H groups in total. The molecule has 0 unspecified atom stereocenters. The van der Waals surface area contributed by atoms with Crippen molar-refractivity contribution in [1.29, 1.82) is 0 Å². The summed E-state index contributed by atoms with van der Waals surface area (Å²) in [5, 5.41) is 0. The molecule has 0 aliphatic carbocycles. The number of rotatable bonds is 2. The third kappa shape index (κ3) is 2.99. The molecule has 0 aromatic heterocycles. The van der Waals surface area contributed by atoms with Crippen LogP contribution in [-0.4, -0.2) is 25.8 Å². The second kappa shape index (κ2) is 5.02. The van der Waals surface area contributed by atoms with Gasteiger partial charge in [0.1, 0.15) is 4.90 Å². The summed E-state index contributed by atoms with van der Waals surface area (Å²) in [6, 6.07) is 3.31. The number of hydrogen-bond donors (Lipinski definition) is 1. The summed E-state index contributed by atoms with van der Waals surface area (Å²) < 4.78 is 28.1. The van der Waals surface area contributed by atoms with E-state index >= 15 is 0 Å². The smallest absolute Gasteiger partial charge is 0.246 e. The van der Waals surface area contributed by atoms with Crippen LogP contribution < -0.4 is 5.73 Å². The van der Waals surface area contributed by atoms with Crippen molar-refractivity contribution in [2.24, 2.45) is 5.41 Å². The van der Waals surface area contributed by atoms with Gasteiger partial charge in [0.05, 0.1) is 5.69 Å². The van der Waals surface area contributed by atoms with Crippen molar-refractivity contribution in [3.8, 4) is 0 Å². The molecule has 0 atom stereocenters. The van der Waals surface area contributed by atoms with Crippen molar-refractivity contribution < 1.29 is 8.42 Å². The molecule has 1 heterocycles. The van der Waals surface area contributed by atoms with Crippen molar-refractivity contribution in [3.05, 3.63) is 21.1 Å². The minimum atomic E-state index is -3.55. The summed E-state index contributed by atoms with van der Waals surface area (Å²) in [5.41, 5.74) is 6.15. The van der Waals surface area contributed by atoms with Gasteiger partial charge in [-0.3, -0.25) is 0 Å². The maximum Gasteiger partial charge on any atom is 0.246 e. The Morgan fingerprint density at radius 1 is 1.32 bits per heavy atom. The molecule has 1 aliphatic rings. The maximum atomic E-state index is 12.7. The molecular formula is C12H16Br2N2O2S. The minimum absolute atomic E-state index is 0.0175. The van der Waals surface area contributed by atoms with E-state index in [4.69, 9.17) is 5.73 Å². The summed E-state index contributed by atoms with van der Waals surface area (Å²) in [5.74, 6) is 0. The predicted octanol–water partition coefficient (Wildman–Crippen LogP) is 3.21. The van der Waals surface area contributed by atoms with Gasteiger partial charge in [-0.05, 0) is 39.9 Å². The topological polar surface area (TPSA) is 63.4 Å². The fourth-order valence-electron chi connectivity index (χ4n) is 2.25. The van der Waals surface area contributed by atoms with Gasteiger partial charge < -0.3 is 5.73 Å². The highest BCUT2D eigenvalue weighted by Crippen LogP contribution is 2.38. The average molecular weight is 412 g/mol. The Morgan fingerprint density at radius 3 is 2.42 bits per heavy atom. The van der Waals surface area contributed by atoms with Crippen LogP contribution in [0.5, 0.6) is 0 Å².